The first-order valence-corrected chi connectivity index (χ1v) is 6.36. The molecule has 1 atom stereocenters. The van der Waals surface area contributed by atoms with Crippen LogP contribution in [0.5, 0.6) is 0 Å². The van der Waals surface area contributed by atoms with E-state index in [-0.39, 0.29) is 11.6 Å². The van der Waals surface area contributed by atoms with Gasteiger partial charge in [0.2, 0.25) is 0 Å². The van der Waals surface area contributed by atoms with Crippen molar-refractivity contribution in [3.8, 4) is 0 Å². The van der Waals surface area contributed by atoms with Crippen molar-refractivity contribution in [2.75, 3.05) is 6.54 Å². The maximum absolute atomic E-state index is 13.5. The number of carbonyl (C=O) groups is 1. The van der Waals surface area contributed by atoms with Gasteiger partial charge in [-0.15, -0.1) is 0 Å². The SMILES string of the molecule is NC(CNC(=O)c1c(F)cccc1Br)C1CC1. The molecule has 5 heteroatoms. The minimum Gasteiger partial charge on any atom is -0.350 e. The summed E-state index contributed by atoms with van der Waals surface area (Å²) in [4.78, 5) is 11.8. The fraction of sp³-hybridized carbons (Fsp3) is 0.417. The van der Waals surface area contributed by atoms with E-state index in [2.05, 4.69) is 21.2 Å². The summed E-state index contributed by atoms with van der Waals surface area (Å²) in [6.07, 6.45) is 2.25. The molecule has 0 heterocycles. The molecule has 1 aromatic carbocycles. The molecule has 0 radical (unpaired) electrons. The van der Waals surface area contributed by atoms with Crippen LogP contribution in [0, 0.1) is 11.7 Å². The van der Waals surface area contributed by atoms with E-state index < -0.39 is 11.7 Å². The third kappa shape index (κ3) is 3.04. The third-order valence-corrected chi connectivity index (χ3v) is 3.58. The number of halogens is 2. The predicted octanol–water partition coefficient (Wildman–Crippen LogP) is 2.06. The van der Waals surface area contributed by atoms with Gasteiger partial charge in [0.05, 0.1) is 5.56 Å². The van der Waals surface area contributed by atoms with Crippen molar-refractivity contribution in [2.24, 2.45) is 11.7 Å². The number of nitrogens with two attached hydrogens (primary N) is 1. The van der Waals surface area contributed by atoms with Crippen LogP contribution in [0.3, 0.4) is 0 Å². The van der Waals surface area contributed by atoms with Crippen LogP contribution in [0.1, 0.15) is 23.2 Å². The van der Waals surface area contributed by atoms with E-state index in [1.54, 1.807) is 12.1 Å². The summed E-state index contributed by atoms with van der Waals surface area (Å²) < 4.78 is 13.9. The van der Waals surface area contributed by atoms with E-state index in [0.29, 0.717) is 16.9 Å². The summed E-state index contributed by atoms with van der Waals surface area (Å²) in [7, 11) is 0. The average molecular weight is 301 g/mol. The van der Waals surface area contributed by atoms with Crippen LogP contribution >= 0.6 is 15.9 Å². The lowest BCUT2D eigenvalue weighted by Crippen LogP contribution is -2.38. The Morgan fingerprint density at radius 1 is 1.59 bits per heavy atom. The lowest BCUT2D eigenvalue weighted by molar-refractivity contribution is 0.0945. The van der Waals surface area contributed by atoms with E-state index in [4.69, 9.17) is 5.73 Å². The molecule has 1 aliphatic rings. The Kier molecular flexibility index (Phi) is 3.79. The van der Waals surface area contributed by atoms with Crippen LogP contribution in [-0.2, 0) is 0 Å². The number of rotatable bonds is 4. The zero-order chi connectivity index (χ0) is 12.4. The topological polar surface area (TPSA) is 55.1 Å². The first-order chi connectivity index (χ1) is 8.09. The normalized spacial score (nSPS) is 16.6. The highest BCUT2D eigenvalue weighted by Gasteiger charge is 2.28. The van der Waals surface area contributed by atoms with Crippen molar-refractivity contribution in [3.05, 3.63) is 34.1 Å². The van der Waals surface area contributed by atoms with E-state index >= 15 is 0 Å². The fourth-order valence-corrected chi connectivity index (χ4v) is 2.23. The van der Waals surface area contributed by atoms with E-state index in [0.717, 1.165) is 12.8 Å². The Labute approximate surface area is 108 Å². The van der Waals surface area contributed by atoms with E-state index in [9.17, 15) is 9.18 Å². The van der Waals surface area contributed by atoms with Crippen molar-refractivity contribution in [3.63, 3.8) is 0 Å². The molecule has 0 bridgehead atoms. The molecule has 2 rings (SSSR count). The summed E-state index contributed by atoms with van der Waals surface area (Å²) in [5, 5.41) is 2.67. The van der Waals surface area contributed by atoms with Gasteiger partial charge in [-0.2, -0.15) is 0 Å². The molecule has 1 saturated carbocycles. The molecule has 3 N–H and O–H groups in total. The van der Waals surface area contributed by atoms with Crippen molar-refractivity contribution in [1.82, 2.24) is 5.32 Å². The number of amides is 1. The van der Waals surface area contributed by atoms with Crippen LogP contribution in [-0.4, -0.2) is 18.5 Å². The van der Waals surface area contributed by atoms with Crippen molar-refractivity contribution >= 4 is 21.8 Å². The molecular weight excluding hydrogens is 287 g/mol. The second-order valence-corrected chi connectivity index (χ2v) is 5.16. The lowest BCUT2D eigenvalue weighted by atomic mass is 10.1. The van der Waals surface area contributed by atoms with Crippen LogP contribution in [0.25, 0.3) is 0 Å². The van der Waals surface area contributed by atoms with Gasteiger partial charge in [-0.1, -0.05) is 6.07 Å². The number of hydrogen-bond donors (Lipinski definition) is 2. The quantitative estimate of drug-likeness (QED) is 0.894. The Morgan fingerprint density at radius 2 is 2.29 bits per heavy atom. The molecule has 1 amide bonds. The first-order valence-electron chi connectivity index (χ1n) is 5.57. The van der Waals surface area contributed by atoms with Gasteiger partial charge in [0, 0.05) is 17.1 Å². The fourth-order valence-electron chi connectivity index (χ4n) is 1.70. The molecule has 17 heavy (non-hydrogen) atoms. The van der Waals surface area contributed by atoms with Crippen molar-refractivity contribution in [1.29, 1.82) is 0 Å². The van der Waals surface area contributed by atoms with E-state index in [1.165, 1.54) is 6.07 Å². The van der Waals surface area contributed by atoms with Gasteiger partial charge >= 0.3 is 0 Å². The minimum absolute atomic E-state index is 0.0236. The highest BCUT2D eigenvalue weighted by Crippen LogP contribution is 2.31. The van der Waals surface area contributed by atoms with Gasteiger partial charge in [0.15, 0.2) is 0 Å². The maximum atomic E-state index is 13.5. The summed E-state index contributed by atoms with van der Waals surface area (Å²) in [5.41, 5.74) is 5.90. The zero-order valence-corrected chi connectivity index (χ0v) is 10.8. The molecule has 0 aromatic heterocycles. The number of hydrogen-bond acceptors (Lipinski definition) is 2. The number of benzene rings is 1. The van der Waals surface area contributed by atoms with Crippen molar-refractivity contribution in [2.45, 2.75) is 18.9 Å². The summed E-state index contributed by atoms with van der Waals surface area (Å²) >= 11 is 3.16. The molecule has 92 valence electrons. The number of nitrogens with one attached hydrogen (secondary N) is 1. The molecule has 1 aliphatic carbocycles. The summed E-state index contributed by atoms with van der Waals surface area (Å²) in [5.74, 6) is -0.442. The lowest BCUT2D eigenvalue weighted by Gasteiger charge is -2.12. The Balaban J connectivity index is 1.99. The zero-order valence-electron chi connectivity index (χ0n) is 9.25. The predicted molar refractivity (Wildman–Crippen MR) is 67.1 cm³/mol. The second-order valence-electron chi connectivity index (χ2n) is 4.31. The van der Waals surface area contributed by atoms with Gasteiger partial charge in [-0.05, 0) is 46.8 Å². The number of carbonyl (C=O) groups excluding carboxylic acids is 1. The second kappa shape index (κ2) is 5.14. The Hall–Kier alpha value is -0.940. The minimum atomic E-state index is -0.531. The van der Waals surface area contributed by atoms with Crippen LogP contribution in [0.2, 0.25) is 0 Å². The van der Waals surface area contributed by atoms with E-state index in [1.807, 2.05) is 0 Å². The Bertz CT molecular complexity index is 414. The van der Waals surface area contributed by atoms with Gasteiger partial charge in [0.25, 0.3) is 5.91 Å². The standard InChI is InChI=1S/C12H14BrFN2O/c13-8-2-1-3-9(14)11(8)12(17)16-6-10(15)7-4-5-7/h1-3,7,10H,4-6,15H2,(H,16,17). The monoisotopic (exact) mass is 300 g/mol. The summed E-state index contributed by atoms with van der Waals surface area (Å²) in [6, 6.07) is 4.43. The van der Waals surface area contributed by atoms with Gasteiger partial charge < -0.3 is 11.1 Å². The molecule has 1 unspecified atom stereocenters. The van der Waals surface area contributed by atoms with Gasteiger partial charge in [0.1, 0.15) is 5.82 Å². The highest BCUT2D eigenvalue weighted by atomic mass is 79.9. The summed E-state index contributed by atoms with van der Waals surface area (Å²) in [6.45, 7) is 0.393. The van der Waals surface area contributed by atoms with Crippen LogP contribution < -0.4 is 11.1 Å². The van der Waals surface area contributed by atoms with Crippen LogP contribution in [0.15, 0.2) is 22.7 Å². The third-order valence-electron chi connectivity index (χ3n) is 2.92. The smallest absolute Gasteiger partial charge is 0.255 e. The molecule has 1 aromatic rings. The molecular formula is C12H14BrFN2O. The first kappa shape index (κ1) is 12.5. The molecule has 3 nitrogen and oxygen atoms in total. The van der Waals surface area contributed by atoms with Gasteiger partial charge in [-0.3, -0.25) is 4.79 Å². The molecule has 0 saturated heterocycles. The average Bonchev–Trinajstić information content (AvgIpc) is 3.09. The molecule has 1 fully saturated rings. The highest BCUT2D eigenvalue weighted by molar-refractivity contribution is 9.10. The molecule has 0 aliphatic heterocycles. The van der Waals surface area contributed by atoms with Crippen LogP contribution in [0.4, 0.5) is 4.39 Å². The van der Waals surface area contributed by atoms with Crippen molar-refractivity contribution < 1.29 is 9.18 Å². The Morgan fingerprint density at radius 3 is 2.88 bits per heavy atom. The van der Waals surface area contributed by atoms with Gasteiger partial charge in [-0.25, -0.2) is 4.39 Å². The maximum Gasteiger partial charge on any atom is 0.255 e. The largest absolute Gasteiger partial charge is 0.350 e. The molecule has 0 spiro atoms.